The van der Waals surface area contributed by atoms with E-state index in [0.717, 1.165) is 37.5 Å². The number of halogens is 1. The second kappa shape index (κ2) is 5.37. The molecule has 0 amide bonds. The third-order valence-corrected chi connectivity index (χ3v) is 3.59. The van der Waals surface area contributed by atoms with Crippen LogP contribution in [0.2, 0.25) is 5.02 Å². The van der Waals surface area contributed by atoms with Gasteiger partial charge in [0.2, 0.25) is 0 Å². The molecule has 0 spiro atoms. The van der Waals surface area contributed by atoms with Gasteiger partial charge in [-0.1, -0.05) is 11.6 Å². The molecule has 0 bridgehead atoms. The number of benzene rings is 1. The Morgan fingerprint density at radius 2 is 2.17 bits per heavy atom. The Kier molecular flexibility index (Phi) is 4.03. The highest BCUT2D eigenvalue weighted by Gasteiger charge is 2.24. The van der Waals surface area contributed by atoms with E-state index in [4.69, 9.17) is 16.3 Å². The van der Waals surface area contributed by atoms with Gasteiger partial charge < -0.3 is 15.0 Å². The Hall–Kier alpha value is -0.930. The predicted molar refractivity (Wildman–Crippen MR) is 76.9 cm³/mol. The molecular weight excluding hydrogens is 248 g/mol. The van der Waals surface area contributed by atoms with E-state index in [1.165, 1.54) is 0 Å². The smallest absolute Gasteiger partial charge is 0.137 e. The summed E-state index contributed by atoms with van der Waals surface area (Å²) in [5.74, 6) is 0.729. The summed E-state index contributed by atoms with van der Waals surface area (Å²) in [5, 5.41) is 4.23. The van der Waals surface area contributed by atoms with Crippen LogP contribution in [0.4, 0.5) is 5.69 Å². The van der Waals surface area contributed by atoms with Crippen molar-refractivity contribution < 1.29 is 4.74 Å². The highest BCUT2D eigenvalue weighted by atomic mass is 35.5. The van der Waals surface area contributed by atoms with Crippen molar-refractivity contribution in [3.8, 4) is 5.75 Å². The highest BCUT2D eigenvalue weighted by molar-refractivity contribution is 6.32. The number of nitrogens with one attached hydrogen (secondary N) is 1. The first-order valence-corrected chi connectivity index (χ1v) is 6.73. The zero-order chi connectivity index (χ0) is 13.2. The van der Waals surface area contributed by atoms with Gasteiger partial charge in [0.15, 0.2) is 0 Å². The first-order chi connectivity index (χ1) is 8.52. The van der Waals surface area contributed by atoms with Crippen LogP contribution in [0.15, 0.2) is 18.2 Å². The van der Waals surface area contributed by atoms with Crippen molar-refractivity contribution in [3.63, 3.8) is 0 Å². The summed E-state index contributed by atoms with van der Waals surface area (Å²) >= 11 is 6.19. The van der Waals surface area contributed by atoms with Crippen LogP contribution in [0, 0.1) is 0 Å². The van der Waals surface area contributed by atoms with Crippen molar-refractivity contribution in [2.45, 2.75) is 25.8 Å². The van der Waals surface area contributed by atoms with Crippen molar-refractivity contribution in [2.24, 2.45) is 0 Å². The molecule has 18 heavy (non-hydrogen) atoms. The molecule has 0 saturated carbocycles. The van der Waals surface area contributed by atoms with Gasteiger partial charge in [0.1, 0.15) is 5.75 Å². The summed E-state index contributed by atoms with van der Waals surface area (Å²) in [4.78, 5) is 2.38. The highest BCUT2D eigenvalue weighted by Crippen LogP contribution is 2.30. The Morgan fingerprint density at radius 3 is 2.83 bits per heavy atom. The normalized spacial score (nSPS) is 19.4. The Balaban J connectivity index is 2.22. The van der Waals surface area contributed by atoms with Gasteiger partial charge >= 0.3 is 0 Å². The molecule has 1 heterocycles. The van der Waals surface area contributed by atoms with Gasteiger partial charge in [-0.25, -0.2) is 0 Å². The van der Waals surface area contributed by atoms with E-state index in [2.05, 4.69) is 30.1 Å². The summed E-state index contributed by atoms with van der Waals surface area (Å²) in [5.41, 5.74) is 1.29. The fourth-order valence-electron chi connectivity index (χ4n) is 2.38. The van der Waals surface area contributed by atoms with Gasteiger partial charge in [0.25, 0.3) is 0 Å². The lowest BCUT2D eigenvalue weighted by Crippen LogP contribution is -2.46. The molecule has 3 nitrogen and oxygen atoms in total. The van der Waals surface area contributed by atoms with E-state index in [-0.39, 0.29) is 5.54 Å². The van der Waals surface area contributed by atoms with Crippen LogP contribution in [0.1, 0.15) is 20.3 Å². The number of nitrogens with zero attached hydrogens (tertiary/aromatic N) is 1. The number of anilines is 1. The Morgan fingerprint density at radius 1 is 1.39 bits per heavy atom. The minimum Gasteiger partial charge on any atom is -0.495 e. The Bertz CT molecular complexity index is 420. The maximum Gasteiger partial charge on any atom is 0.137 e. The number of hydrogen-bond donors (Lipinski definition) is 1. The molecule has 0 aliphatic carbocycles. The third-order valence-electron chi connectivity index (χ3n) is 3.30. The quantitative estimate of drug-likeness (QED) is 0.893. The minimum absolute atomic E-state index is 0.128. The molecule has 1 aliphatic rings. The summed E-state index contributed by atoms with van der Waals surface area (Å²) in [6.45, 7) is 7.56. The molecule has 100 valence electrons. The molecule has 0 atom stereocenters. The number of hydrogen-bond acceptors (Lipinski definition) is 3. The van der Waals surface area contributed by atoms with Crippen molar-refractivity contribution in [2.75, 3.05) is 31.6 Å². The van der Waals surface area contributed by atoms with Crippen molar-refractivity contribution in [1.29, 1.82) is 0 Å². The average Bonchev–Trinajstić information content (AvgIpc) is 2.50. The fourth-order valence-corrected chi connectivity index (χ4v) is 2.63. The zero-order valence-corrected chi connectivity index (χ0v) is 12.0. The number of rotatable bonds is 2. The van der Waals surface area contributed by atoms with Crippen LogP contribution in [0.3, 0.4) is 0 Å². The average molecular weight is 269 g/mol. The van der Waals surface area contributed by atoms with E-state index >= 15 is 0 Å². The fraction of sp³-hybridized carbons (Fsp3) is 0.571. The van der Waals surface area contributed by atoms with Crippen LogP contribution in [0.25, 0.3) is 0 Å². The summed E-state index contributed by atoms with van der Waals surface area (Å²) < 4.78 is 5.19. The second-order valence-electron chi connectivity index (χ2n) is 5.40. The second-order valence-corrected chi connectivity index (χ2v) is 5.81. The molecule has 1 aromatic rings. The molecule has 1 aromatic carbocycles. The lowest BCUT2D eigenvalue weighted by atomic mass is 10.1. The third kappa shape index (κ3) is 3.09. The maximum atomic E-state index is 6.19. The largest absolute Gasteiger partial charge is 0.495 e. The van der Waals surface area contributed by atoms with E-state index in [0.29, 0.717) is 5.02 Å². The lowest BCUT2D eigenvalue weighted by Gasteiger charge is -2.31. The molecule has 1 saturated heterocycles. The molecule has 0 aromatic heterocycles. The van der Waals surface area contributed by atoms with E-state index < -0.39 is 0 Å². The van der Waals surface area contributed by atoms with Crippen LogP contribution in [-0.4, -0.2) is 32.3 Å². The monoisotopic (exact) mass is 268 g/mol. The summed E-state index contributed by atoms with van der Waals surface area (Å²) in [6, 6.07) is 6.00. The predicted octanol–water partition coefficient (Wildman–Crippen LogP) is 2.93. The van der Waals surface area contributed by atoms with Gasteiger partial charge in [-0.3, -0.25) is 0 Å². The molecule has 0 radical (unpaired) electrons. The van der Waals surface area contributed by atoms with Crippen LogP contribution in [0.5, 0.6) is 5.75 Å². The zero-order valence-electron chi connectivity index (χ0n) is 11.3. The summed E-state index contributed by atoms with van der Waals surface area (Å²) in [6.07, 6.45) is 1.15. The van der Waals surface area contributed by atoms with Gasteiger partial charge in [0, 0.05) is 24.3 Å². The van der Waals surface area contributed by atoms with Crippen LogP contribution < -0.4 is 15.0 Å². The SMILES string of the molecule is COc1ccc(N2CCCNC(C)(C)C2)cc1Cl. The van der Waals surface area contributed by atoms with Crippen molar-refractivity contribution in [3.05, 3.63) is 23.2 Å². The first kappa shape index (κ1) is 13.5. The van der Waals surface area contributed by atoms with Gasteiger partial charge in [0.05, 0.1) is 12.1 Å². The molecule has 1 N–H and O–H groups in total. The molecule has 0 unspecified atom stereocenters. The molecule has 4 heteroatoms. The maximum absolute atomic E-state index is 6.19. The lowest BCUT2D eigenvalue weighted by molar-refractivity contribution is 0.413. The standard InChI is InChI=1S/C14H21ClN2O/c1-14(2)10-17(8-4-7-16-14)11-5-6-13(18-3)12(15)9-11/h5-6,9,16H,4,7-8,10H2,1-3H3. The topological polar surface area (TPSA) is 24.5 Å². The molecular formula is C14H21ClN2O. The first-order valence-electron chi connectivity index (χ1n) is 6.35. The van der Waals surface area contributed by atoms with Crippen LogP contribution in [-0.2, 0) is 0 Å². The molecule has 1 aliphatic heterocycles. The van der Waals surface area contributed by atoms with E-state index in [1.54, 1.807) is 7.11 Å². The number of methoxy groups -OCH3 is 1. The summed E-state index contributed by atoms with van der Waals surface area (Å²) in [7, 11) is 1.64. The van der Waals surface area contributed by atoms with Crippen molar-refractivity contribution >= 4 is 17.3 Å². The molecule has 2 rings (SSSR count). The van der Waals surface area contributed by atoms with Crippen LogP contribution >= 0.6 is 11.6 Å². The van der Waals surface area contributed by atoms with Gasteiger partial charge in [-0.15, -0.1) is 0 Å². The van der Waals surface area contributed by atoms with Gasteiger partial charge in [-0.05, 0) is 45.0 Å². The van der Waals surface area contributed by atoms with Gasteiger partial charge in [-0.2, -0.15) is 0 Å². The Labute approximate surface area is 114 Å². The van der Waals surface area contributed by atoms with E-state index in [9.17, 15) is 0 Å². The molecule has 1 fully saturated rings. The van der Waals surface area contributed by atoms with E-state index in [1.807, 2.05) is 12.1 Å². The van der Waals surface area contributed by atoms with Crippen molar-refractivity contribution in [1.82, 2.24) is 5.32 Å². The minimum atomic E-state index is 0.128. The number of ether oxygens (including phenoxy) is 1.